The summed E-state index contributed by atoms with van der Waals surface area (Å²) in [6.07, 6.45) is 5.27. The van der Waals surface area contributed by atoms with Crippen molar-refractivity contribution in [2.45, 2.75) is 76.3 Å². The Kier molecular flexibility index (Phi) is 5.56. The van der Waals surface area contributed by atoms with Crippen molar-refractivity contribution in [2.75, 3.05) is 0 Å². The van der Waals surface area contributed by atoms with Crippen LogP contribution in [0.15, 0.2) is 24.3 Å². The Hall–Kier alpha value is -0.0000000000000000555. The predicted octanol–water partition coefficient (Wildman–Crippen LogP) is 4.05. The Labute approximate surface area is 138 Å². The molecule has 2 aliphatic heterocycles. The summed E-state index contributed by atoms with van der Waals surface area (Å²) in [4.78, 5) is 0. The number of hydrogen-bond acceptors (Lipinski definition) is 2. The third kappa shape index (κ3) is 3.01. The van der Waals surface area contributed by atoms with Crippen LogP contribution >= 0.6 is 15.8 Å². The minimum Gasteiger partial charge on any atom is -0.250 e. The van der Waals surface area contributed by atoms with E-state index in [1.807, 2.05) is 0 Å². The third-order valence-corrected chi connectivity index (χ3v) is 12.1. The molecule has 4 atom stereocenters. The topological polar surface area (TPSA) is 24.1 Å². The molecule has 1 aromatic carbocycles. The number of rotatable bonds is 4. The molecule has 122 valence electrons. The van der Waals surface area contributed by atoms with Gasteiger partial charge in [0, 0.05) is 11.6 Å². The Balaban J connectivity index is 2.00. The minimum absolute atomic E-state index is 0.0130. The fraction of sp³-hybridized carbons (Fsp3) is 0.667. The first-order valence-corrected chi connectivity index (χ1v) is 11.8. The molecule has 2 N–H and O–H groups in total. The SMILES string of the molecule is CC[C@@H]1NN[C@@H](CC)P1c1ccccc1P1[C@H](C)CC[C@H]1C. The van der Waals surface area contributed by atoms with E-state index in [9.17, 15) is 0 Å². The van der Waals surface area contributed by atoms with Gasteiger partial charge in [0.15, 0.2) is 0 Å². The third-order valence-electron chi connectivity index (χ3n) is 5.25. The first-order valence-electron chi connectivity index (χ1n) is 8.84. The van der Waals surface area contributed by atoms with Crippen LogP contribution in [-0.4, -0.2) is 22.9 Å². The Bertz CT molecular complexity index is 486. The van der Waals surface area contributed by atoms with Gasteiger partial charge < -0.3 is 0 Å². The van der Waals surface area contributed by atoms with Crippen molar-refractivity contribution in [1.29, 1.82) is 0 Å². The largest absolute Gasteiger partial charge is 0.250 e. The van der Waals surface area contributed by atoms with Crippen molar-refractivity contribution < 1.29 is 0 Å². The molecular weight excluding hydrogens is 306 g/mol. The molecule has 1 aromatic rings. The van der Waals surface area contributed by atoms with E-state index in [2.05, 4.69) is 62.8 Å². The van der Waals surface area contributed by atoms with Crippen LogP contribution in [0, 0.1) is 0 Å². The summed E-state index contributed by atoms with van der Waals surface area (Å²) >= 11 is 0. The van der Waals surface area contributed by atoms with E-state index in [4.69, 9.17) is 0 Å². The second-order valence-electron chi connectivity index (χ2n) is 6.72. The van der Waals surface area contributed by atoms with Crippen molar-refractivity contribution in [3.63, 3.8) is 0 Å². The van der Waals surface area contributed by atoms with Crippen LogP contribution in [0.2, 0.25) is 0 Å². The predicted molar refractivity (Wildman–Crippen MR) is 102 cm³/mol. The lowest BCUT2D eigenvalue weighted by Crippen LogP contribution is -2.32. The van der Waals surface area contributed by atoms with Crippen LogP contribution in [0.4, 0.5) is 0 Å². The van der Waals surface area contributed by atoms with E-state index in [0.717, 1.165) is 11.3 Å². The van der Waals surface area contributed by atoms with Gasteiger partial charge in [-0.1, -0.05) is 59.9 Å². The summed E-state index contributed by atoms with van der Waals surface area (Å²) in [5.74, 6) is 1.26. The lowest BCUT2D eigenvalue weighted by Gasteiger charge is -2.30. The van der Waals surface area contributed by atoms with Gasteiger partial charge in [0.2, 0.25) is 0 Å². The van der Waals surface area contributed by atoms with Gasteiger partial charge in [-0.2, -0.15) is 0 Å². The van der Waals surface area contributed by atoms with E-state index in [0.29, 0.717) is 11.6 Å². The highest BCUT2D eigenvalue weighted by Crippen LogP contribution is 2.56. The quantitative estimate of drug-likeness (QED) is 0.811. The molecule has 4 heteroatoms. The number of hydrazine groups is 1. The minimum atomic E-state index is -0.148. The second-order valence-corrected chi connectivity index (χ2v) is 12.3. The summed E-state index contributed by atoms with van der Waals surface area (Å²) in [6, 6.07) is 9.44. The molecule has 0 amide bonds. The van der Waals surface area contributed by atoms with Gasteiger partial charge in [-0.05, 0) is 55.5 Å². The number of benzene rings is 1. The van der Waals surface area contributed by atoms with Crippen LogP contribution in [0.3, 0.4) is 0 Å². The van der Waals surface area contributed by atoms with E-state index in [-0.39, 0.29) is 15.8 Å². The summed E-state index contributed by atoms with van der Waals surface area (Å²) in [7, 11) is -0.135. The fourth-order valence-electron chi connectivity index (χ4n) is 4.05. The summed E-state index contributed by atoms with van der Waals surface area (Å²) in [6.45, 7) is 9.61. The van der Waals surface area contributed by atoms with Crippen molar-refractivity contribution in [2.24, 2.45) is 0 Å². The zero-order valence-electron chi connectivity index (χ0n) is 14.3. The maximum absolute atomic E-state index is 3.58. The molecule has 0 saturated carbocycles. The lowest BCUT2D eigenvalue weighted by molar-refractivity contribution is 0.522. The van der Waals surface area contributed by atoms with Crippen LogP contribution in [0.25, 0.3) is 0 Å². The summed E-state index contributed by atoms with van der Waals surface area (Å²) in [5, 5.41) is 3.42. The average molecular weight is 336 g/mol. The Morgan fingerprint density at radius 1 is 0.864 bits per heavy atom. The van der Waals surface area contributed by atoms with Crippen molar-refractivity contribution >= 4 is 26.5 Å². The average Bonchev–Trinajstić information content (AvgIpc) is 3.10. The van der Waals surface area contributed by atoms with Crippen LogP contribution in [0.1, 0.15) is 53.4 Å². The Morgan fingerprint density at radius 3 is 1.77 bits per heavy atom. The highest BCUT2D eigenvalue weighted by molar-refractivity contribution is 7.73. The standard InChI is InChI=1S/C18H30N2P2/c1-5-17-19-20-18(6-2)22(17)16-10-8-7-9-15(16)21-13(3)11-12-14(21)4/h7-10,13-14,17-20H,5-6,11-12H2,1-4H3/t13-,14-,17-,18-/m1/s1. The van der Waals surface area contributed by atoms with Gasteiger partial charge in [0.05, 0.1) is 0 Å². The summed E-state index contributed by atoms with van der Waals surface area (Å²) < 4.78 is 0. The molecule has 2 nitrogen and oxygen atoms in total. The molecular formula is C18H30N2P2. The molecule has 0 radical (unpaired) electrons. The molecule has 0 spiro atoms. The monoisotopic (exact) mass is 336 g/mol. The molecule has 0 bridgehead atoms. The van der Waals surface area contributed by atoms with E-state index < -0.39 is 0 Å². The smallest absolute Gasteiger partial charge is 0.0464 e. The van der Waals surface area contributed by atoms with Gasteiger partial charge >= 0.3 is 0 Å². The van der Waals surface area contributed by atoms with Gasteiger partial charge in [0.25, 0.3) is 0 Å². The molecule has 2 aliphatic rings. The van der Waals surface area contributed by atoms with E-state index >= 15 is 0 Å². The van der Waals surface area contributed by atoms with Crippen molar-refractivity contribution in [3.05, 3.63) is 24.3 Å². The van der Waals surface area contributed by atoms with Gasteiger partial charge in [-0.25, -0.2) is 10.9 Å². The Morgan fingerprint density at radius 2 is 1.32 bits per heavy atom. The maximum atomic E-state index is 3.58. The number of nitrogens with one attached hydrogen (secondary N) is 2. The van der Waals surface area contributed by atoms with Gasteiger partial charge in [-0.3, -0.25) is 0 Å². The molecule has 2 heterocycles. The molecule has 0 unspecified atom stereocenters. The van der Waals surface area contributed by atoms with Crippen LogP contribution in [0.5, 0.6) is 0 Å². The van der Waals surface area contributed by atoms with Gasteiger partial charge in [-0.15, -0.1) is 0 Å². The zero-order valence-corrected chi connectivity index (χ0v) is 16.1. The van der Waals surface area contributed by atoms with Crippen LogP contribution < -0.4 is 21.5 Å². The number of hydrogen-bond donors (Lipinski definition) is 2. The molecule has 0 aromatic heterocycles. The molecule has 0 aliphatic carbocycles. The van der Waals surface area contributed by atoms with Crippen molar-refractivity contribution in [1.82, 2.24) is 10.9 Å². The van der Waals surface area contributed by atoms with Gasteiger partial charge in [0.1, 0.15) is 0 Å². The highest BCUT2D eigenvalue weighted by Gasteiger charge is 2.39. The molecule has 2 fully saturated rings. The zero-order chi connectivity index (χ0) is 15.7. The molecule has 2 saturated heterocycles. The second kappa shape index (κ2) is 7.27. The normalized spacial score (nSPS) is 33.6. The van der Waals surface area contributed by atoms with E-state index in [1.165, 1.54) is 25.7 Å². The highest BCUT2D eigenvalue weighted by atomic mass is 31.1. The first kappa shape index (κ1) is 16.8. The van der Waals surface area contributed by atoms with Crippen LogP contribution in [-0.2, 0) is 0 Å². The maximum Gasteiger partial charge on any atom is 0.0464 e. The fourth-order valence-corrected chi connectivity index (χ4v) is 10.9. The van der Waals surface area contributed by atoms with E-state index in [1.54, 1.807) is 10.6 Å². The summed E-state index contributed by atoms with van der Waals surface area (Å²) in [5.41, 5.74) is 8.95. The molecule has 22 heavy (non-hydrogen) atoms. The molecule has 3 rings (SSSR count). The lowest BCUT2D eigenvalue weighted by atomic mass is 10.2. The van der Waals surface area contributed by atoms with Crippen molar-refractivity contribution in [3.8, 4) is 0 Å². The first-order chi connectivity index (χ1) is 10.7.